The van der Waals surface area contributed by atoms with Crippen LogP contribution in [0, 0.1) is 12.7 Å². The van der Waals surface area contributed by atoms with Gasteiger partial charge in [0, 0.05) is 6.54 Å². The first kappa shape index (κ1) is 11.4. The molecule has 0 aromatic heterocycles. The summed E-state index contributed by atoms with van der Waals surface area (Å²) in [7, 11) is 1.47. The van der Waals surface area contributed by atoms with Gasteiger partial charge in [-0.3, -0.25) is 0 Å². The summed E-state index contributed by atoms with van der Waals surface area (Å²) in [4.78, 5) is 0. The predicted molar refractivity (Wildman–Crippen MR) is 59.3 cm³/mol. The number of methoxy groups -OCH3 is 1. The van der Waals surface area contributed by atoms with Crippen LogP contribution >= 0.6 is 0 Å². The number of hydrogen-bond acceptors (Lipinski definition) is 3. The molecule has 1 aliphatic heterocycles. The van der Waals surface area contributed by atoms with Crippen LogP contribution in [-0.4, -0.2) is 26.9 Å². The lowest BCUT2D eigenvalue weighted by molar-refractivity contribution is 0.0766. The average molecular weight is 225 g/mol. The van der Waals surface area contributed by atoms with Gasteiger partial charge in [-0.25, -0.2) is 4.39 Å². The van der Waals surface area contributed by atoms with Crippen LogP contribution in [-0.2, 0) is 4.74 Å². The molecule has 0 radical (unpaired) electrons. The van der Waals surface area contributed by atoms with Crippen molar-refractivity contribution in [2.75, 3.05) is 26.9 Å². The van der Waals surface area contributed by atoms with Crippen LogP contribution < -0.4 is 10.1 Å². The minimum atomic E-state index is -0.324. The van der Waals surface area contributed by atoms with E-state index >= 15 is 0 Å². The minimum absolute atomic E-state index is 0.0779. The van der Waals surface area contributed by atoms with Crippen LogP contribution in [0.15, 0.2) is 12.1 Å². The number of morpholine rings is 1. The van der Waals surface area contributed by atoms with Crippen molar-refractivity contribution in [3.05, 3.63) is 29.1 Å². The molecule has 0 saturated carbocycles. The molecule has 0 amide bonds. The maximum absolute atomic E-state index is 13.6. The zero-order valence-corrected chi connectivity index (χ0v) is 9.55. The van der Waals surface area contributed by atoms with E-state index < -0.39 is 0 Å². The van der Waals surface area contributed by atoms with E-state index in [1.165, 1.54) is 13.2 Å². The Bertz CT molecular complexity index is 376. The summed E-state index contributed by atoms with van der Waals surface area (Å²) >= 11 is 0. The van der Waals surface area contributed by atoms with Crippen LogP contribution in [0.1, 0.15) is 17.2 Å². The zero-order chi connectivity index (χ0) is 11.5. The molecule has 88 valence electrons. The summed E-state index contributed by atoms with van der Waals surface area (Å²) < 4.78 is 23.9. The molecule has 1 aromatic rings. The molecule has 3 nitrogen and oxygen atoms in total. The lowest BCUT2D eigenvalue weighted by Gasteiger charge is -2.25. The highest BCUT2D eigenvalue weighted by Gasteiger charge is 2.19. The topological polar surface area (TPSA) is 30.5 Å². The van der Waals surface area contributed by atoms with Gasteiger partial charge in [0.15, 0.2) is 11.6 Å². The molecular formula is C12H16FNO2. The second-order valence-corrected chi connectivity index (χ2v) is 3.92. The van der Waals surface area contributed by atoms with Gasteiger partial charge < -0.3 is 14.8 Å². The van der Waals surface area contributed by atoms with Gasteiger partial charge in [0.1, 0.15) is 0 Å². The van der Waals surface area contributed by atoms with E-state index in [1.54, 1.807) is 6.07 Å². The van der Waals surface area contributed by atoms with E-state index in [4.69, 9.17) is 9.47 Å². The lowest BCUT2D eigenvalue weighted by Crippen LogP contribution is -2.35. The van der Waals surface area contributed by atoms with Crippen LogP contribution in [0.4, 0.5) is 4.39 Å². The van der Waals surface area contributed by atoms with Gasteiger partial charge in [0.2, 0.25) is 0 Å². The molecule has 2 rings (SSSR count). The smallest absolute Gasteiger partial charge is 0.165 e. The van der Waals surface area contributed by atoms with E-state index in [9.17, 15) is 4.39 Å². The summed E-state index contributed by atoms with van der Waals surface area (Å²) in [5.74, 6) is -0.0338. The van der Waals surface area contributed by atoms with E-state index in [1.807, 2.05) is 6.92 Å². The van der Waals surface area contributed by atoms with Crippen molar-refractivity contribution >= 4 is 0 Å². The Hall–Kier alpha value is -1.13. The molecule has 4 heteroatoms. The standard InChI is InChI=1S/C12H16FNO2/c1-8-5-12(15-2)10(13)6-9(8)11-7-16-4-3-14-11/h5-6,11,14H,3-4,7H2,1-2H3. The van der Waals surface area contributed by atoms with E-state index in [0.29, 0.717) is 13.2 Å². The van der Waals surface area contributed by atoms with Crippen molar-refractivity contribution in [2.45, 2.75) is 13.0 Å². The number of benzene rings is 1. The van der Waals surface area contributed by atoms with Crippen molar-refractivity contribution in [1.82, 2.24) is 5.32 Å². The number of rotatable bonds is 2. The van der Waals surface area contributed by atoms with Crippen molar-refractivity contribution in [3.8, 4) is 5.75 Å². The summed E-state index contributed by atoms with van der Waals surface area (Å²) in [6.07, 6.45) is 0. The number of hydrogen-bond donors (Lipinski definition) is 1. The van der Waals surface area contributed by atoms with Crippen LogP contribution in [0.3, 0.4) is 0 Å². The van der Waals surface area contributed by atoms with Crippen LogP contribution in [0.5, 0.6) is 5.75 Å². The van der Waals surface area contributed by atoms with Gasteiger partial charge in [-0.1, -0.05) is 0 Å². The fourth-order valence-corrected chi connectivity index (χ4v) is 1.97. The quantitative estimate of drug-likeness (QED) is 0.832. The summed E-state index contributed by atoms with van der Waals surface area (Å²) in [5, 5.41) is 3.31. The van der Waals surface area contributed by atoms with Crippen molar-refractivity contribution < 1.29 is 13.9 Å². The molecule has 1 atom stereocenters. The Morgan fingerprint density at radius 2 is 2.31 bits per heavy atom. The molecule has 1 fully saturated rings. The maximum Gasteiger partial charge on any atom is 0.165 e. The van der Waals surface area contributed by atoms with Crippen molar-refractivity contribution in [2.24, 2.45) is 0 Å². The molecule has 0 spiro atoms. The first-order valence-corrected chi connectivity index (χ1v) is 5.37. The Kier molecular flexibility index (Phi) is 3.41. The van der Waals surface area contributed by atoms with Gasteiger partial charge in [0.05, 0.1) is 26.4 Å². The monoisotopic (exact) mass is 225 g/mol. The molecule has 0 aliphatic carbocycles. The Morgan fingerprint density at radius 3 is 2.94 bits per heavy atom. The largest absolute Gasteiger partial charge is 0.494 e. The van der Waals surface area contributed by atoms with Gasteiger partial charge in [0.25, 0.3) is 0 Å². The number of halogens is 1. The molecule has 0 bridgehead atoms. The van der Waals surface area contributed by atoms with E-state index in [2.05, 4.69) is 5.32 Å². The number of nitrogens with one attached hydrogen (secondary N) is 1. The van der Waals surface area contributed by atoms with Gasteiger partial charge in [-0.05, 0) is 30.2 Å². The normalized spacial score (nSPS) is 20.8. The zero-order valence-electron chi connectivity index (χ0n) is 9.55. The predicted octanol–water partition coefficient (Wildman–Crippen LogP) is 1.80. The summed E-state index contributed by atoms with van der Waals surface area (Å²) in [5.41, 5.74) is 1.96. The summed E-state index contributed by atoms with van der Waals surface area (Å²) in [6, 6.07) is 3.33. The minimum Gasteiger partial charge on any atom is -0.494 e. The molecule has 1 unspecified atom stereocenters. The highest BCUT2D eigenvalue weighted by atomic mass is 19.1. The van der Waals surface area contributed by atoms with E-state index in [-0.39, 0.29) is 17.6 Å². The first-order valence-electron chi connectivity index (χ1n) is 5.37. The molecule has 1 aliphatic rings. The number of ether oxygens (including phenoxy) is 2. The second-order valence-electron chi connectivity index (χ2n) is 3.92. The maximum atomic E-state index is 13.6. The molecule has 1 heterocycles. The van der Waals surface area contributed by atoms with Crippen molar-refractivity contribution in [3.63, 3.8) is 0 Å². The third-order valence-corrected chi connectivity index (χ3v) is 2.84. The second kappa shape index (κ2) is 4.80. The molecule has 16 heavy (non-hydrogen) atoms. The van der Waals surface area contributed by atoms with E-state index in [0.717, 1.165) is 17.7 Å². The fraction of sp³-hybridized carbons (Fsp3) is 0.500. The Balaban J connectivity index is 2.29. The third-order valence-electron chi connectivity index (χ3n) is 2.84. The van der Waals surface area contributed by atoms with Crippen LogP contribution in [0.2, 0.25) is 0 Å². The summed E-state index contributed by atoms with van der Waals surface area (Å²) in [6.45, 7) is 4.06. The Morgan fingerprint density at radius 1 is 1.50 bits per heavy atom. The molecular weight excluding hydrogens is 209 g/mol. The molecule has 1 saturated heterocycles. The SMILES string of the molecule is COc1cc(C)c(C2COCCN2)cc1F. The highest BCUT2D eigenvalue weighted by molar-refractivity contribution is 5.38. The highest BCUT2D eigenvalue weighted by Crippen LogP contribution is 2.26. The fourth-order valence-electron chi connectivity index (χ4n) is 1.97. The molecule has 1 aromatic carbocycles. The van der Waals surface area contributed by atoms with Gasteiger partial charge in [-0.15, -0.1) is 0 Å². The van der Waals surface area contributed by atoms with Crippen molar-refractivity contribution in [1.29, 1.82) is 0 Å². The van der Waals surface area contributed by atoms with Crippen LogP contribution in [0.25, 0.3) is 0 Å². The molecule has 1 N–H and O–H groups in total. The number of aryl methyl sites for hydroxylation is 1. The van der Waals surface area contributed by atoms with Gasteiger partial charge in [-0.2, -0.15) is 0 Å². The third kappa shape index (κ3) is 2.18. The average Bonchev–Trinajstić information content (AvgIpc) is 2.32. The van der Waals surface area contributed by atoms with Gasteiger partial charge >= 0.3 is 0 Å². The Labute approximate surface area is 94.6 Å². The first-order chi connectivity index (χ1) is 7.72. The lowest BCUT2D eigenvalue weighted by atomic mass is 10.0.